The lowest BCUT2D eigenvalue weighted by atomic mass is 10.1. The summed E-state index contributed by atoms with van der Waals surface area (Å²) in [5.41, 5.74) is 0. The topological polar surface area (TPSA) is 46.2 Å². The number of hydrogen-bond donors (Lipinski definition) is 1. The van der Waals surface area contributed by atoms with Crippen LogP contribution in [0.3, 0.4) is 0 Å². The van der Waals surface area contributed by atoms with Gasteiger partial charge in [-0.1, -0.05) is 12.1 Å². The first-order valence-corrected chi connectivity index (χ1v) is 9.83. The molecule has 0 amide bonds. The van der Waals surface area contributed by atoms with E-state index in [1.165, 1.54) is 16.0 Å². The molecule has 1 N–H and O–H groups in total. The third kappa shape index (κ3) is 5.06. The normalized spacial score (nSPS) is 13.5. The zero-order valence-corrected chi connectivity index (χ0v) is 13.2. The summed E-state index contributed by atoms with van der Waals surface area (Å²) >= 11 is 3.44. The van der Waals surface area contributed by atoms with Crippen LogP contribution in [0.1, 0.15) is 15.8 Å². The molecule has 0 saturated heterocycles. The molecule has 0 saturated carbocycles. The van der Waals surface area contributed by atoms with Crippen LogP contribution in [0.15, 0.2) is 35.0 Å². The van der Waals surface area contributed by atoms with Gasteiger partial charge in [0.05, 0.1) is 5.75 Å². The fourth-order valence-corrected chi connectivity index (χ4v) is 3.85. The third-order valence-electron chi connectivity index (χ3n) is 2.74. The van der Waals surface area contributed by atoms with Gasteiger partial charge in [-0.05, 0) is 22.9 Å². The molecule has 1 atom stereocenters. The summed E-state index contributed by atoms with van der Waals surface area (Å²) in [6.45, 7) is 0.493. The largest absolute Gasteiger partial charge is 0.308 e. The van der Waals surface area contributed by atoms with Gasteiger partial charge < -0.3 is 5.32 Å². The van der Waals surface area contributed by atoms with E-state index in [0.29, 0.717) is 6.54 Å². The SMILES string of the molecule is CS(=O)(=O)CCNC(Cc1cccs1)c1cccs1. The zero-order valence-electron chi connectivity index (χ0n) is 10.7. The lowest BCUT2D eigenvalue weighted by molar-refractivity contribution is 0.552. The summed E-state index contributed by atoms with van der Waals surface area (Å²) < 4.78 is 22.4. The highest BCUT2D eigenvalue weighted by atomic mass is 32.2. The van der Waals surface area contributed by atoms with Crippen molar-refractivity contribution in [3.05, 3.63) is 44.8 Å². The highest BCUT2D eigenvalue weighted by Gasteiger charge is 2.14. The molecule has 2 rings (SSSR count). The Bertz CT molecular complexity index is 573. The molecule has 2 aromatic heterocycles. The second-order valence-corrected chi connectivity index (χ2v) is 8.71. The molecule has 19 heavy (non-hydrogen) atoms. The van der Waals surface area contributed by atoms with Crippen molar-refractivity contribution in [1.29, 1.82) is 0 Å². The van der Waals surface area contributed by atoms with Crippen molar-refractivity contribution in [2.24, 2.45) is 0 Å². The van der Waals surface area contributed by atoms with Crippen LogP contribution >= 0.6 is 22.7 Å². The fourth-order valence-electron chi connectivity index (χ4n) is 1.81. The second-order valence-electron chi connectivity index (χ2n) is 4.44. The van der Waals surface area contributed by atoms with Gasteiger partial charge in [-0.25, -0.2) is 8.42 Å². The molecule has 6 heteroatoms. The van der Waals surface area contributed by atoms with Crippen molar-refractivity contribution in [2.75, 3.05) is 18.6 Å². The quantitative estimate of drug-likeness (QED) is 0.854. The van der Waals surface area contributed by atoms with Crippen LogP contribution < -0.4 is 5.32 Å². The highest BCUT2D eigenvalue weighted by Crippen LogP contribution is 2.24. The van der Waals surface area contributed by atoms with Crippen LogP contribution in [0.4, 0.5) is 0 Å². The Hall–Kier alpha value is -0.690. The minimum absolute atomic E-state index is 0.180. The molecule has 2 aromatic rings. The van der Waals surface area contributed by atoms with Crippen LogP contribution in [-0.2, 0) is 16.3 Å². The van der Waals surface area contributed by atoms with Crippen LogP contribution in [0.5, 0.6) is 0 Å². The first-order valence-electron chi connectivity index (χ1n) is 6.01. The maximum Gasteiger partial charge on any atom is 0.148 e. The Labute approximate surface area is 122 Å². The lowest BCUT2D eigenvalue weighted by Gasteiger charge is -2.16. The molecule has 3 nitrogen and oxygen atoms in total. The average molecular weight is 315 g/mol. The summed E-state index contributed by atoms with van der Waals surface area (Å²) in [5, 5.41) is 7.47. The maximum absolute atomic E-state index is 11.2. The van der Waals surface area contributed by atoms with Crippen LogP contribution in [0.25, 0.3) is 0 Å². The molecular weight excluding hydrogens is 298 g/mol. The molecule has 0 aromatic carbocycles. The van der Waals surface area contributed by atoms with Gasteiger partial charge in [-0.2, -0.15) is 0 Å². The standard InChI is InChI=1S/C13H17NO2S3/c1-19(15,16)9-6-14-12(13-5-3-8-18-13)10-11-4-2-7-17-11/h2-5,7-8,12,14H,6,9-10H2,1H3. The Morgan fingerprint density at radius 2 is 1.95 bits per heavy atom. The Balaban J connectivity index is 1.99. The molecule has 104 valence electrons. The van der Waals surface area contributed by atoms with E-state index >= 15 is 0 Å². The van der Waals surface area contributed by atoms with Crippen LogP contribution in [0, 0.1) is 0 Å². The van der Waals surface area contributed by atoms with Crippen molar-refractivity contribution < 1.29 is 8.42 Å². The van der Waals surface area contributed by atoms with Gasteiger partial charge in [0.15, 0.2) is 0 Å². The minimum Gasteiger partial charge on any atom is -0.308 e. The lowest BCUT2D eigenvalue weighted by Crippen LogP contribution is -2.27. The number of rotatable bonds is 7. The Kier molecular flexibility index (Phi) is 5.15. The van der Waals surface area contributed by atoms with E-state index in [0.717, 1.165) is 6.42 Å². The fraction of sp³-hybridized carbons (Fsp3) is 0.385. The van der Waals surface area contributed by atoms with Gasteiger partial charge in [-0.15, -0.1) is 22.7 Å². The van der Waals surface area contributed by atoms with E-state index in [4.69, 9.17) is 0 Å². The van der Waals surface area contributed by atoms with E-state index in [-0.39, 0.29) is 11.8 Å². The van der Waals surface area contributed by atoms with Gasteiger partial charge in [0, 0.05) is 35.0 Å². The maximum atomic E-state index is 11.2. The van der Waals surface area contributed by atoms with Gasteiger partial charge in [-0.3, -0.25) is 0 Å². The molecule has 2 heterocycles. The van der Waals surface area contributed by atoms with Crippen molar-refractivity contribution in [3.8, 4) is 0 Å². The summed E-state index contributed by atoms with van der Waals surface area (Å²) in [7, 11) is -2.91. The molecular formula is C13H17NO2S3. The molecule has 0 aliphatic heterocycles. The number of thiophene rings is 2. The molecule has 0 spiro atoms. The van der Waals surface area contributed by atoms with Crippen molar-refractivity contribution >= 4 is 32.5 Å². The summed E-state index contributed by atoms with van der Waals surface area (Å²) in [6, 6.07) is 8.47. The average Bonchev–Trinajstić information content (AvgIpc) is 2.99. The van der Waals surface area contributed by atoms with Gasteiger partial charge in [0.1, 0.15) is 9.84 Å². The molecule has 0 radical (unpaired) electrons. The van der Waals surface area contributed by atoms with Crippen molar-refractivity contribution in [3.63, 3.8) is 0 Å². The number of sulfone groups is 1. The second kappa shape index (κ2) is 6.65. The highest BCUT2D eigenvalue weighted by molar-refractivity contribution is 7.90. The van der Waals surface area contributed by atoms with Crippen molar-refractivity contribution in [2.45, 2.75) is 12.5 Å². The predicted molar refractivity (Wildman–Crippen MR) is 82.8 cm³/mol. The van der Waals surface area contributed by atoms with Gasteiger partial charge in [0.2, 0.25) is 0 Å². The Morgan fingerprint density at radius 3 is 2.53 bits per heavy atom. The van der Waals surface area contributed by atoms with E-state index in [1.54, 1.807) is 22.7 Å². The van der Waals surface area contributed by atoms with Gasteiger partial charge >= 0.3 is 0 Å². The van der Waals surface area contributed by atoms with Crippen molar-refractivity contribution in [1.82, 2.24) is 5.32 Å². The van der Waals surface area contributed by atoms with Crippen LogP contribution in [-0.4, -0.2) is 27.0 Å². The zero-order chi connectivity index (χ0) is 13.7. The van der Waals surface area contributed by atoms with E-state index in [9.17, 15) is 8.42 Å². The summed E-state index contributed by atoms with van der Waals surface area (Å²) in [6.07, 6.45) is 2.18. The molecule has 0 bridgehead atoms. The monoisotopic (exact) mass is 315 g/mol. The predicted octanol–water partition coefficient (Wildman–Crippen LogP) is 2.73. The molecule has 1 unspecified atom stereocenters. The van der Waals surface area contributed by atoms with Gasteiger partial charge in [0.25, 0.3) is 0 Å². The Morgan fingerprint density at radius 1 is 1.21 bits per heavy atom. The van der Waals surface area contributed by atoms with Crippen LogP contribution in [0.2, 0.25) is 0 Å². The molecule has 0 aliphatic rings. The van der Waals surface area contributed by atoms with E-state index < -0.39 is 9.84 Å². The smallest absolute Gasteiger partial charge is 0.148 e. The minimum atomic E-state index is -2.91. The van der Waals surface area contributed by atoms with E-state index in [1.807, 2.05) is 12.1 Å². The summed E-state index contributed by atoms with van der Waals surface area (Å²) in [5.74, 6) is 0.180. The number of hydrogen-bond acceptors (Lipinski definition) is 5. The molecule has 0 aliphatic carbocycles. The molecule has 0 fully saturated rings. The first-order chi connectivity index (χ1) is 9.04. The number of nitrogens with one attached hydrogen (secondary N) is 1. The first kappa shape index (κ1) is 14.7. The summed E-state index contributed by atoms with van der Waals surface area (Å²) in [4.78, 5) is 2.56. The third-order valence-corrected chi connectivity index (χ3v) is 5.57. The van der Waals surface area contributed by atoms with E-state index in [2.05, 4.69) is 28.2 Å².